The van der Waals surface area contributed by atoms with Crippen LogP contribution in [0, 0.1) is 17.0 Å². The molecule has 128 valence electrons. The molecule has 1 aromatic carbocycles. The van der Waals surface area contributed by atoms with E-state index in [1.807, 2.05) is 31.4 Å². The van der Waals surface area contributed by atoms with Crippen molar-refractivity contribution in [3.05, 3.63) is 78.4 Å². The number of thiophene rings is 1. The van der Waals surface area contributed by atoms with Crippen molar-refractivity contribution >= 4 is 22.7 Å². The second kappa shape index (κ2) is 6.86. The van der Waals surface area contributed by atoms with Gasteiger partial charge in [-0.25, -0.2) is 4.68 Å². The van der Waals surface area contributed by atoms with Crippen molar-refractivity contribution < 1.29 is 4.92 Å². The first-order valence-corrected chi connectivity index (χ1v) is 8.45. The number of benzene rings is 1. The second-order valence-electron chi connectivity index (χ2n) is 5.51. The zero-order valence-corrected chi connectivity index (χ0v) is 14.5. The number of aromatic amines is 1. The number of nitrogens with zero attached hydrogens (tertiary/aromatic N) is 3. The molecule has 2 aromatic heterocycles. The molecule has 2 heterocycles. The minimum Gasteiger partial charge on any atom is -0.295 e. The fraction of sp³-hybridized carbons (Fsp3) is 0.176. The van der Waals surface area contributed by atoms with Crippen LogP contribution in [-0.4, -0.2) is 20.4 Å². The lowest BCUT2D eigenvalue weighted by Gasteiger charge is -2.00. The second-order valence-corrected chi connectivity index (χ2v) is 6.54. The predicted molar refractivity (Wildman–Crippen MR) is 98.0 cm³/mol. The third kappa shape index (κ3) is 3.43. The molecular formula is C17H16N4O3S. The van der Waals surface area contributed by atoms with Crippen molar-refractivity contribution in [1.29, 1.82) is 0 Å². The fourth-order valence-electron chi connectivity index (χ4n) is 2.56. The molecular weight excluding hydrogens is 340 g/mol. The monoisotopic (exact) mass is 356 g/mol. The van der Waals surface area contributed by atoms with Gasteiger partial charge in [-0.1, -0.05) is 6.07 Å². The van der Waals surface area contributed by atoms with Gasteiger partial charge in [-0.05, 0) is 37.4 Å². The Morgan fingerprint density at radius 2 is 2.04 bits per heavy atom. The van der Waals surface area contributed by atoms with Gasteiger partial charge in [0.25, 0.3) is 11.2 Å². The molecule has 25 heavy (non-hydrogen) atoms. The van der Waals surface area contributed by atoms with E-state index in [2.05, 4.69) is 10.1 Å². The van der Waals surface area contributed by atoms with Crippen LogP contribution >= 0.6 is 11.3 Å². The highest BCUT2D eigenvalue weighted by atomic mass is 32.1. The normalized spacial score (nSPS) is 11.7. The largest absolute Gasteiger partial charge is 0.295 e. The summed E-state index contributed by atoms with van der Waals surface area (Å²) in [6, 6.07) is 9.79. The number of hydrogen-bond donors (Lipinski definition) is 1. The van der Waals surface area contributed by atoms with Crippen LogP contribution < -0.4 is 5.56 Å². The third-order valence-electron chi connectivity index (χ3n) is 3.80. The molecule has 0 aliphatic heterocycles. The first kappa shape index (κ1) is 16.8. The lowest BCUT2D eigenvalue weighted by atomic mass is 10.2. The Labute approximate surface area is 147 Å². The summed E-state index contributed by atoms with van der Waals surface area (Å²) in [5.74, 6) is 0. The van der Waals surface area contributed by atoms with Crippen molar-refractivity contribution in [1.82, 2.24) is 9.78 Å². The molecule has 0 fully saturated rings. The predicted octanol–water partition coefficient (Wildman–Crippen LogP) is 3.45. The van der Waals surface area contributed by atoms with E-state index < -0.39 is 4.92 Å². The molecule has 0 spiro atoms. The molecule has 1 N–H and O–H groups in total. The average Bonchev–Trinajstić information content (AvgIpc) is 3.21. The first-order valence-electron chi connectivity index (χ1n) is 7.57. The Bertz CT molecular complexity index is 982. The van der Waals surface area contributed by atoms with Crippen LogP contribution in [0.1, 0.15) is 23.1 Å². The van der Waals surface area contributed by atoms with Crippen molar-refractivity contribution in [3.63, 3.8) is 0 Å². The van der Waals surface area contributed by atoms with Gasteiger partial charge in [0.05, 0.1) is 22.7 Å². The molecule has 3 rings (SSSR count). The molecule has 0 unspecified atom stereocenters. The number of aryl methyl sites for hydroxylation is 1. The number of H-pyrrole nitrogens is 1. The highest BCUT2D eigenvalue weighted by molar-refractivity contribution is 7.09. The summed E-state index contributed by atoms with van der Waals surface area (Å²) in [6.45, 7) is 4.15. The van der Waals surface area contributed by atoms with E-state index >= 15 is 0 Å². The number of nitrogens with one attached hydrogen (secondary N) is 1. The van der Waals surface area contributed by atoms with Crippen molar-refractivity contribution in [2.45, 2.75) is 20.4 Å². The van der Waals surface area contributed by atoms with Crippen LogP contribution in [-0.2, 0) is 6.54 Å². The van der Waals surface area contributed by atoms with Crippen molar-refractivity contribution in [2.75, 3.05) is 0 Å². The molecule has 8 heteroatoms. The van der Waals surface area contributed by atoms with Crippen LogP contribution in [0.4, 0.5) is 5.69 Å². The van der Waals surface area contributed by atoms with Gasteiger partial charge in [0.1, 0.15) is 0 Å². The molecule has 0 saturated heterocycles. The number of aliphatic imine (C=N–C) groups is 1. The number of rotatable bonds is 5. The summed E-state index contributed by atoms with van der Waals surface area (Å²) in [7, 11) is 0. The van der Waals surface area contributed by atoms with E-state index in [9.17, 15) is 14.9 Å². The SMILES string of the molecule is CC(=NCc1cccs1)c1c(C)[nH]n(-c2ccc([N+](=O)[O-])cc2)c1=O. The van der Waals surface area contributed by atoms with Crippen LogP contribution in [0.15, 0.2) is 51.6 Å². The highest BCUT2D eigenvalue weighted by Gasteiger charge is 2.15. The number of aromatic nitrogens is 2. The van der Waals surface area contributed by atoms with Crippen molar-refractivity contribution in [2.24, 2.45) is 4.99 Å². The Morgan fingerprint density at radius 3 is 2.64 bits per heavy atom. The summed E-state index contributed by atoms with van der Waals surface area (Å²) in [5, 5.41) is 15.7. The summed E-state index contributed by atoms with van der Waals surface area (Å²) in [4.78, 5) is 28.6. The molecule has 0 amide bonds. The van der Waals surface area contributed by atoms with Gasteiger partial charge in [-0.15, -0.1) is 11.3 Å². The van der Waals surface area contributed by atoms with E-state index in [1.165, 1.54) is 28.9 Å². The summed E-state index contributed by atoms with van der Waals surface area (Å²) in [6.07, 6.45) is 0. The lowest BCUT2D eigenvalue weighted by molar-refractivity contribution is -0.384. The topological polar surface area (TPSA) is 93.3 Å². The zero-order chi connectivity index (χ0) is 18.0. The van der Waals surface area contributed by atoms with E-state index in [4.69, 9.17) is 0 Å². The summed E-state index contributed by atoms with van der Waals surface area (Å²) >= 11 is 1.62. The summed E-state index contributed by atoms with van der Waals surface area (Å²) in [5.41, 5.74) is 2.18. The molecule has 0 aliphatic carbocycles. The van der Waals surface area contributed by atoms with Gasteiger partial charge in [-0.2, -0.15) is 0 Å². The Morgan fingerprint density at radius 1 is 1.32 bits per heavy atom. The van der Waals surface area contributed by atoms with Crippen LogP contribution in [0.3, 0.4) is 0 Å². The minimum absolute atomic E-state index is 0.0195. The number of non-ortho nitro benzene ring substituents is 1. The number of nitro groups is 1. The maximum absolute atomic E-state index is 12.7. The Balaban J connectivity index is 1.94. The van der Waals surface area contributed by atoms with Gasteiger partial charge in [0.2, 0.25) is 0 Å². The third-order valence-corrected chi connectivity index (χ3v) is 4.67. The van der Waals surface area contributed by atoms with Gasteiger partial charge < -0.3 is 0 Å². The molecule has 0 bridgehead atoms. The van der Waals surface area contributed by atoms with Gasteiger partial charge in [-0.3, -0.25) is 25.0 Å². The maximum atomic E-state index is 12.7. The molecule has 0 atom stereocenters. The van der Waals surface area contributed by atoms with E-state index in [1.54, 1.807) is 11.3 Å². The average molecular weight is 356 g/mol. The van der Waals surface area contributed by atoms with Crippen LogP contribution in [0.5, 0.6) is 0 Å². The van der Waals surface area contributed by atoms with Gasteiger partial charge in [0.15, 0.2) is 0 Å². The minimum atomic E-state index is -0.473. The highest BCUT2D eigenvalue weighted by Crippen LogP contribution is 2.15. The van der Waals surface area contributed by atoms with Crippen LogP contribution in [0.2, 0.25) is 0 Å². The Kier molecular flexibility index (Phi) is 4.62. The Hall–Kier alpha value is -3.00. The van der Waals surface area contributed by atoms with E-state index in [-0.39, 0.29) is 11.2 Å². The molecule has 0 saturated carbocycles. The molecule has 0 radical (unpaired) electrons. The van der Waals surface area contributed by atoms with Crippen LogP contribution in [0.25, 0.3) is 5.69 Å². The quantitative estimate of drug-likeness (QED) is 0.431. The lowest BCUT2D eigenvalue weighted by Crippen LogP contribution is -2.19. The van der Waals surface area contributed by atoms with Gasteiger partial charge in [0, 0.05) is 28.4 Å². The standard InChI is InChI=1S/C17H16N4O3S/c1-11(18-10-15-4-3-9-25-15)16-12(2)19-20(17(16)22)13-5-7-14(8-6-13)21(23)24/h3-9,19H,10H2,1-2H3. The van der Waals surface area contributed by atoms with E-state index in [0.717, 1.165) is 4.88 Å². The molecule has 0 aliphatic rings. The van der Waals surface area contributed by atoms with Crippen molar-refractivity contribution in [3.8, 4) is 5.69 Å². The fourth-order valence-corrected chi connectivity index (χ4v) is 3.18. The molecule has 3 aromatic rings. The first-order chi connectivity index (χ1) is 12.0. The smallest absolute Gasteiger partial charge is 0.280 e. The van der Waals surface area contributed by atoms with Gasteiger partial charge >= 0.3 is 0 Å². The van der Waals surface area contributed by atoms with E-state index in [0.29, 0.717) is 29.2 Å². The number of nitro benzene ring substituents is 1. The number of hydrogen-bond acceptors (Lipinski definition) is 5. The summed E-state index contributed by atoms with van der Waals surface area (Å²) < 4.78 is 1.37. The maximum Gasteiger partial charge on any atom is 0.280 e. The molecule has 7 nitrogen and oxygen atoms in total. The zero-order valence-electron chi connectivity index (χ0n) is 13.7.